The highest BCUT2D eigenvalue weighted by atomic mass is 19.1. The van der Waals surface area contributed by atoms with Crippen LogP contribution in [0.4, 0.5) is 8.78 Å². The van der Waals surface area contributed by atoms with Gasteiger partial charge in [0.1, 0.15) is 30.1 Å². The van der Waals surface area contributed by atoms with E-state index in [9.17, 15) is 23.2 Å². The molecular weight excluding hydrogens is 560 g/mol. The molecule has 3 heterocycles. The highest BCUT2D eigenvalue weighted by molar-refractivity contribution is 6.01. The monoisotopic (exact) mass is 593 g/mol. The Labute approximate surface area is 247 Å². The molecule has 2 aromatic carbocycles. The van der Waals surface area contributed by atoms with Gasteiger partial charge in [0.2, 0.25) is 11.8 Å². The van der Waals surface area contributed by atoms with Gasteiger partial charge in [0, 0.05) is 42.3 Å². The van der Waals surface area contributed by atoms with Crippen molar-refractivity contribution in [2.75, 3.05) is 32.8 Å². The van der Waals surface area contributed by atoms with Gasteiger partial charge in [0.15, 0.2) is 5.79 Å². The number of halogens is 2. The Morgan fingerprint density at radius 2 is 1.88 bits per heavy atom. The SMILES string of the molecule is C/C=C(\C=C(/C)CNC(=O)C1CC2(CN1C(=O)CN1Cc3cc(-c4ccc(F)cc4F)ccc3C1=O)OCCO2)C(=N)N. The lowest BCUT2D eigenvalue weighted by Gasteiger charge is -2.26. The number of benzene rings is 2. The summed E-state index contributed by atoms with van der Waals surface area (Å²) in [6.45, 7) is 4.28. The summed E-state index contributed by atoms with van der Waals surface area (Å²) >= 11 is 0. The smallest absolute Gasteiger partial charge is 0.254 e. The number of ether oxygens (including phenoxy) is 2. The molecule has 4 N–H and O–H groups in total. The first-order valence-electron chi connectivity index (χ1n) is 13.9. The lowest BCUT2D eigenvalue weighted by molar-refractivity contribution is -0.152. The highest BCUT2D eigenvalue weighted by Gasteiger charge is 2.52. The molecule has 1 atom stereocenters. The Morgan fingerprint density at radius 1 is 1.16 bits per heavy atom. The van der Waals surface area contributed by atoms with Gasteiger partial charge in [-0.3, -0.25) is 19.8 Å². The van der Waals surface area contributed by atoms with Gasteiger partial charge in [-0.25, -0.2) is 8.78 Å². The van der Waals surface area contributed by atoms with Crippen molar-refractivity contribution in [1.82, 2.24) is 15.1 Å². The van der Waals surface area contributed by atoms with Gasteiger partial charge in [-0.05, 0) is 49.2 Å². The van der Waals surface area contributed by atoms with E-state index in [1.807, 2.05) is 0 Å². The first-order valence-corrected chi connectivity index (χ1v) is 13.9. The number of likely N-dealkylation sites (tertiary alicyclic amines) is 1. The van der Waals surface area contributed by atoms with Gasteiger partial charge in [0.25, 0.3) is 5.91 Å². The maximum absolute atomic E-state index is 14.4. The van der Waals surface area contributed by atoms with Crippen LogP contribution in [0.5, 0.6) is 0 Å². The third-order valence-corrected chi connectivity index (χ3v) is 7.85. The van der Waals surface area contributed by atoms with E-state index < -0.39 is 35.3 Å². The van der Waals surface area contributed by atoms with Crippen LogP contribution in [0.25, 0.3) is 11.1 Å². The number of hydrogen-bond donors (Lipinski definition) is 3. The van der Waals surface area contributed by atoms with Crippen LogP contribution in [0, 0.1) is 17.0 Å². The lowest BCUT2D eigenvalue weighted by Crippen LogP contribution is -2.49. The molecule has 2 fully saturated rings. The van der Waals surface area contributed by atoms with Crippen molar-refractivity contribution in [3.63, 3.8) is 0 Å². The van der Waals surface area contributed by atoms with E-state index in [0.29, 0.717) is 35.5 Å². The predicted octanol–water partition coefficient (Wildman–Crippen LogP) is 2.88. The minimum atomic E-state index is -1.10. The van der Waals surface area contributed by atoms with E-state index in [-0.39, 0.29) is 49.9 Å². The molecule has 10 nitrogen and oxygen atoms in total. The van der Waals surface area contributed by atoms with E-state index in [2.05, 4.69) is 5.32 Å². The molecule has 43 heavy (non-hydrogen) atoms. The third-order valence-electron chi connectivity index (χ3n) is 7.85. The molecule has 3 aliphatic heterocycles. The Balaban J connectivity index is 1.29. The van der Waals surface area contributed by atoms with Crippen molar-refractivity contribution < 1.29 is 32.6 Å². The molecule has 0 radical (unpaired) electrons. The second-order valence-corrected chi connectivity index (χ2v) is 10.9. The van der Waals surface area contributed by atoms with Crippen molar-refractivity contribution in [2.45, 2.75) is 38.6 Å². The Bertz CT molecular complexity index is 1550. The summed E-state index contributed by atoms with van der Waals surface area (Å²) in [6, 6.07) is 7.24. The van der Waals surface area contributed by atoms with Crippen molar-refractivity contribution in [1.29, 1.82) is 5.41 Å². The minimum Gasteiger partial charge on any atom is -0.384 e. The summed E-state index contributed by atoms with van der Waals surface area (Å²) in [6.07, 6.45) is 3.54. The molecule has 0 saturated carbocycles. The summed E-state index contributed by atoms with van der Waals surface area (Å²) in [5, 5.41) is 10.5. The van der Waals surface area contributed by atoms with Crippen LogP contribution in [0.1, 0.15) is 36.2 Å². The van der Waals surface area contributed by atoms with Gasteiger partial charge >= 0.3 is 0 Å². The molecule has 1 unspecified atom stereocenters. The number of fused-ring (bicyclic) bond motifs is 1. The molecule has 2 saturated heterocycles. The number of carbonyl (C=O) groups excluding carboxylic acids is 3. The number of amidine groups is 1. The van der Waals surface area contributed by atoms with Crippen LogP contribution in [0.3, 0.4) is 0 Å². The minimum absolute atomic E-state index is 0.0365. The van der Waals surface area contributed by atoms with Crippen molar-refractivity contribution in [3.8, 4) is 11.1 Å². The van der Waals surface area contributed by atoms with Crippen molar-refractivity contribution >= 4 is 23.6 Å². The molecule has 3 aliphatic rings. The van der Waals surface area contributed by atoms with Gasteiger partial charge < -0.3 is 30.3 Å². The first-order chi connectivity index (χ1) is 20.5. The number of rotatable bonds is 8. The summed E-state index contributed by atoms with van der Waals surface area (Å²) < 4.78 is 39.4. The quantitative estimate of drug-likeness (QED) is 0.245. The van der Waals surface area contributed by atoms with E-state index in [4.69, 9.17) is 20.6 Å². The Morgan fingerprint density at radius 3 is 2.56 bits per heavy atom. The number of nitrogens with two attached hydrogens (primary N) is 1. The van der Waals surface area contributed by atoms with Crippen LogP contribution >= 0.6 is 0 Å². The maximum atomic E-state index is 14.4. The Hall–Kier alpha value is -4.42. The molecular formula is C31H33F2N5O5. The van der Waals surface area contributed by atoms with Gasteiger partial charge in [-0.2, -0.15) is 0 Å². The summed E-state index contributed by atoms with van der Waals surface area (Å²) in [7, 11) is 0. The zero-order valence-corrected chi connectivity index (χ0v) is 23.9. The fraction of sp³-hybridized carbons (Fsp3) is 0.355. The number of nitrogens with one attached hydrogen (secondary N) is 2. The van der Waals surface area contributed by atoms with Crippen LogP contribution in [-0.4, -0.2) is 78.0 Å². The standard InChI is InChI=1S/C31H33F2N5O5/c1-3-19(28(34)35)10-18(2)14-36-29(40)26-13-31(42-8-9-43-31)17-38(26)27(39)16-37-15-21-11-20(4-6-24(21)30(37)41)23-7-5-22(32)12-25(23)33/h3-7,10-12,26H,8-9,13-17H2,1-2H3,(H3,34,35)(H,36,40)/b18-10+,19-3+. The molecule has 2 aromatic rings. The van der Waals surface area contributed by atoms with Crippen LogP contribution in [0.2, 0.25) is 0 Å². The second-order valence-electron chi connectivity index (χ2n) is 10.9. The molecule has 0 bridgehead atoms. The number of allylic oxidation sites excluding steroid dienone is 1. The predicted molar refractivity (Wildman–Crippen MR) is 154 cm³/mol. The largest absolute Gasteiger partial charge is 0.384 e. The molecule has 1 spiro atoms. The van der Waals surface area contributed by atoms with E-state index in [1.54, 1.807) is 44.2 Å². The van der Waals surface area contributed by atoms with E-state index >= 15 is 0 Å². The average Bonchev–Trinajstić information content (AvgIpc) is 3.68. The number of hydrogen-bond acceptors (Lipinski definition) is 6. The van der Waals surface area contributed by atoms with Crippen LogP contribution in [0.15, 0.2) is 59.7 Å². The average molecular weight is 594 g/mol. The van der Waals surface area contributed by atoms with Gasteiger partial charge in [0.05, 0.1) is 19.8 Å². The zero-order valence-electron chi connectivity index (χ0n) is 23.9. The summed E-state index contributed by atoms with van der Waals surface area (Å²) in [4.78, 5) is 42.9. The number of amides is 3. The molecule has 226 valence electrons. The van der Waals surface area contributed by atoms with E-state index in [0.717, 1.165) is 17.7 Å². The number of carbonyl (C=O) groups is 3. The molecule has 0 aromatic heterocycles. The Kier molecular flexibility index (Phi) is 8.43. The topological polar surface area (TPSA) is 138 Å². The maximum Gasteiger partial charge on any atom is 0.254 e. The van der Waals surface area contributed by atoms with Gasteiger partial charge in [-0.1, -0.05) is 23.8 Å². The number of nitrogens with zero attached hydrogens (tertiary/aromatic N) is 2. The highest BCUT2D eigenvalue weighted by Crippen LogP contribution is 2.36. The normalized spacial score (nSPS) is 19.7. The molecule has 0 aliphatic carbocycles. The fourth-order valence-corrected chi connectivity index (χ4v) is 5.67. The zero-order chi connectivity index (χ0) is 30.9. The molecule has 5 rings (SSSR count). The van der Waals surface area contributed by atoms with Crippen LogP contribution < -0.4 is 11.1 Å². The van der Waals surface area contributed by atoms with Crippen LogP contribution in [-0.2, 0) is 25.6 Å². The van der Waals surface area contributed by atoms with Crippen molar-refractivity contribution in [3.05, 3.63) is 82.5 Å². The fourth-order valence-electron chi connectivity index (χ4n) is 5.67. The van der Waals surface area contributed by atoms with E-state index in [1.165, 1.54) is 15.9 Å². The third kappa shape index (κ3) is 6.20. The van der Waals surface area contributed by atoms with Crippen molar-refractivity contribution in [2.24, 2.45) is 5.73 Å². The summed E-state index contributed by atoms with van der Waals surface area (Å²) in [5.74, 6) is -3.78. The second kappa shape index (κ2) is 12.1. The summed E-state index contributed by atoms with van der Waals surface area (Å²) in [5.41, 5.74) is 8.56. The molecule has 3 amide bonds. The lowest BCUT2D eigenvalue weighted by atomic mass is 10.00. The first kappa shape index (κ1) is 30.1. The molecule has 12 heteroatoms. The van der Waals surface area contributed by atoms with Gasteiger partial charge in [-0.15, -0.1) is 0 Å².